The van der Waals surface area contributed by atoms with E-state index < -0.39 is 15.8 Å². The van der Waals surface area contributed by atoms with E-state index in [1.54, 1.807) is 25.1 Å². The number of ether oxygens (including phenoxy) is 1. The van der Waals surface area contributed by atoms with Crippen molar-refractivity contribution in [2.24, 2.45) is 0 Å². The molecule has 0 saturated heterocycles. The molecule has 1 aromatic rings. The first-order chi connectivity index (χ1) is 7.90. The first-order valence-electron chi connectivity index (χ1n) is 5.29. The predicted octanol–water partition coefficient (Wildman–Crippen LogP) is 1.50. The van der Waals surface area contributed by atoms with E-state index in [0.29, 0.717) is 5.56 Å². The van der Waals surface area contributed by atoms with Crippen LogP contribution in [0.1, 0.15) is 18.1 Å². The van der Waals surface area contributed by atoms with Crippen LogP contribution in [0.4, 0.5) is 0 Å². The second-order valence-electron chi connectivity index (χ2n) is 3.77. The summed E-state index contributed by atoms with van der Waals surface area (Å²) in [5.41, 5.74) is 1.41. The maximum absolute atomic E-state index is 11.9. The lowest BCUT2D eigenvalue weighted by molar-refractivity contribution is -0.139. The highest BCUT2D eigenvalue weighted by Gasteiger charge is 2.18. The van der Waals surface area contributed by atoms with Crippen molar-refractivity contribution < 1.29 is 17.9 Å². The second kappa shape index (κ2) is 5.31. The highest BCUT2D eigenvalue weighted by Crippen LogP contribution is 2.19. The van der Waals surface area contributed by atoms with Crippen LogP contribution in [0.2, 0.25) is 0 Å². The Morgan fingerprint density at radius 2 is 2.00 bits per heavy atom. The monoisotopic (exact) mass is 256 g/mol. The van der Waals surface area contributed by atoms with Crippen LogP contribution in [0.5, 0.6) is 0 Å². The lowest BCUT2D eigenvalue weighted by atomic mass is 10.1. The number of methoxy groups -OCH3 is 1. The minimum absolute atomic E-state index is 0.0181. The molecule has 0 radical (unpaired) electrons. The molecule has 0 atom stereocenters. The van der Waals surface area contributed by atoms with Crippen LogP contribution in [0.15, 0.2) is 23.1 Å². The molecule has 1 rings (SSSR count). The van der Waals surface area contributed by atoms with Crippen molar-refractivity contribution in [3.63, 3.8) is 0 Å². The zero-order valence-electron chi connectivity index (χ0n) is 10.2. The lowest BCUT2D eigenvalue weighted by Crippen LogP contribution is -2.12. The Labute approximate surface area is 102 Å². The van der Waals surface area contributed by atoms with E-state index in [1.807, 2.05) is 6.92 Å². The minimum atomic E-state index is -3.31. The molecule has 0 fully saturated rings. The fraction of sp³-hybridized carbons (Fsp3) is 0.417. The summed E-state index contributed by atoms with van der Waals surface area (Å²) in [6.45, 7) is 3.43. The van der Waals surface area contributed by atoms with Crippen LogP contribution in [0.25, 0.3) is 0 Å². The van der Waals surface area contributed by atoms with E-state index in [-0.39, 0.29) is 17.1 Å². The topological polar surface area (TPSA) is 60.4 Å². The van der Waals surface area contributed by atoms with E-state index in [0.717, 1.165) is 5.56 Å². The summed E-state index contributed by atoms with van der Waals surface area (Å²) in [7, 11) is -2.02. The number of sulfone groups is 1. The second-order valence-corrected chi connectivity index (χ2v) is 6.01. The number of esters is 1. The van der Waals surface area contributed by atoms with Crippen molar-refractivity contribution in [2.45, 2.75) is 25.2 Å². The summed E-state index contributed by atoms with van der Waals surface area (Å²) < 4.78 is 28.3. The minimum Gasteiger partial charge on any atom is -0.469 e. The first kappa shape index (κ1) is 13.7. The lowest BCUT2D eigenvalue weighted by Gasteiger charge is -2.09. The Balaban J connectivity index is 3.27. The molecule has 0 amide bonds. The Bertz CT molecular complexity index is 517. The van der Waals surface area contributed by atoms with Gasteiger partial charge in [0.1, 0.15) is 0 Å². The quantitative estimate of drug-likeness (QED) is 0.766. The van der Waals surface area contributed by atoms with Gasteiger partial charge in [-0.3, -0.25) is 4.79 Å². The molecular formula is C12H16O4S. The summed E-state index contributed by atoms with van der Waals surface area (Å²) in [6.07, 6.45) is -0.0211. The maximum Gasteiger partial charge on any atom is 0.310 e. The normalized spacial score (nSPS) is 11.2. The Hall–Kier alpha value is -1.36. The number of hydrogen-bond acceptors (Lipinski definition) is 4. The van der Waals surface area contributed by atoms with Gasteiger partial charge in [-0.05, 0) is 18.6 Å². The van der Waals surface area contributed by atoms with E-state index in [2.05, 4.69) is 4.74 Å². The number of rotatable bonds is 4. The average Bonchev–Trinajstić information content (AvgIpc) is 2.28. The van der Waals surface area contributed by atoms with E-state index in [1.165, 1.54) is 7.11 Å². The highest BCUT2D eigenvalue weighted by molar-refractivity contribution is 7.91. The number of carbonyl (C=O) groups excluding carboxylic acids is 1. The molecule has 0 aliphatic carbocycles. The zero-order chi connectivity index (χ0) is 13.1. The summed E-state index contributed by atoms with van der Waals surface area (Å²) in [4.78, 5) is 11.5. The number of aryl methyl sites for hydroxylation is 1. The van der Waals surface area contributed by atoms with E-state index in [9.17, 15) is 13.2 Å². The Morgan fingerprint density at radius 3 is 2.53 bits per heavy atom. The molecule has 0 aliphatic heterocycles. The van der Waals surface area contributed by atoms with Gasteiger partial charge in [-0.2, -0.15) is 0 Å². The smallest absolute Gasteiger partial charge is 0.310 e. The molecular weight excluding hydrogens is 240 g/mol. The molecule has 1 aromatic carbocycles. The Kier molecular flexibility index (Phi) is 4.28. The number of benzene rings is 1. The van der Waals surface area contributed by atoms with Crippen molar-refractivity contribution >= 4 is 15.8 Å². The van der Waals surface area contributed by atoms with Crippen LogP contribution in [-0.2, 0) is 25.8 Å². The predicted molar refractivity (Wildman–Crippen MR) is 64.6 cm³/mol. The molecule has 17 heavy (non-hydrogen) atoms. The van der Waals surface area contributed by atoms with Crippen molar-refractivity contribution in [2.75, 3.05) is 12.9 Å². The van der Waals surface area contributed by atoms with Gasteiger partial charge < -0.3 is 4.74 Å². The molecule has 0 heterocycles. The fourth-order valence-electron chi connectivity index (χ4n) is 1.53. The molecule has 0 unspecified atom stereocenters. The van der Waals surface area contributed by atoms with Crippen molar-refractivity contribution in [1.29, 1.82) is 0 Å². The largest absolute Gasteiger partial charge is 0.469 e. The van der Waals surface area contributed by atoms with Gasteiger partial charge in [-0.1, -0.05) is 24.6 Å². The van der Waals surface area contributed by atoms with Gasteiger partial charge in [0.15, 0.2) is 9.84 Å². The highest BCUT2D eigenvalue weighted by atomic mass is 32.2. The van der Waals surface area contributed by atoms with Crippen LogP contribution in [0, 0.1) is 6.92 Å². The first-order valence-corrected chi connectivity index (χ1v) is 6.95. The zero-order valence-corrected chi connectivity index (χ0v) is 11.0. The molecule has 0 aliphatic rings. The molecule has 94 valence electrons. The Morgan fingerprint density at radius 1 is 1.35 bits per heavy atom. The number of carbonyl (C=O) groups is 1. The molecule has 0 bridgehead atoms. The summed E-state index contributed by atoms with van der Waals surface area (Å²) >= 11 is 0. The van der Waals surface area contributed by atoms with Crippen molar-refractivity contribution in [3.05, 3.63) is 29.3 Å². The molecule has 4 nitrogen and oxygen atoms in total. The van der Waals surface area contributed by atoms with Crippen LogP contribution in [-0.4, -0.2) is 27.2 Å². The molecule has 0 aromatic heterocycles. The molecule has 5 heteroatoms. The van der Waals surface area contributed by atoms with Gasteiger partial charge in [-0.15, -0.1) is 0 Å². The summed E-state index contributed by atoms with van der Waals surface area (Å²) in [6, 6.07) is 4.98. The third-order valence-corrected chi connectivity index (χ3v) is 4.32. The maximum atomic E-state index is 11.9. The third kappa shape index (κ3) is 3.30. The molecule has 0 saturated carbocycles. The standard InChI is InChI=1S/C12H16O4S/c1-4-17(14,15)11-6-5-9(2)7-10(11)8-12(13)16-3/h5-7H,4,8H2,1-3H3. The van der Waals surface area contributed by atoms with E-state index in [4.69, 9.17) is 0 Å². The number of hydrogen-bond donors (Lipinski definition) is 0. The van der Waals surface area contributed by atoms with Crippen molar-refractivity contribution in [1.82, 2.24) is 0 Å². The van der Waals surface area contributed by atoms with Gasteiger partial charge in [-0.25, -0.2) is 8.42 Å². The van der Waals surface area contributed by atoms with Crippen LogP contribution in [0.3, 0.4) is 0 Å². The van der Waals surface area contributed by atoms with Gasteiger partial charge in [0, 0.05) is 0 Å². The van der Waals surface area contributed by atoms with Gasteiger partial charge >= 0.3 is 5.97 Å². The third-order valence-electron chi connectivity index (χ3n) is 2.49. The summed E-state index contributed by atoms with van der Waals surface area (Å²) in [5.74, 6) is -0.423. The van der Waals surface area contributed by atoms with Gasteiger partial charge in [0.05, 0.1) is 24.2 Å². The van der Waals surface area contributed by atoms with Gasteiger partial charge in [0.25, 0.3) is 0 Å². The van der Waals surface area contributed by atoms with Crippen LogP contribution >= 0.6 is 0 Å². The van der Waals surface area contributed by atoms with Crippen LogP contribution < -0.4 is 0 Å². The average molecular weight is 256 g/mol. The molecule has 0 spiro atoms. The van der Waals surface area contributed by atoms with Crippen molar-refractivity contribution in [3.8, 4) is 0 Å². The fourth-order valence-corrected chi connectivity index (χ4v) is 2.65. The van der Waals surface area contributed by atoms with Gasteiger partial charge in [0.2, 0.25) is 0 Å². The SMILES string of the molecule is CCS(=O)(=O)c1ccc(C)cc1CC(=O)OC. The van der Waals surface area contributed by atoms with E-state index >= 15 is 0 Å². The molecule has 0 N–H and O–H groups in total. The summed E-state index contributed by atoms with van der Waals surface area (Å²) in [5, 5.41) is 0.